The largest absolute Gasteiger partial charge is 0.695 e. The second kappa shape index (κ2) is 6.14. The summed E-state index contributed by atoms with van der Waals surface area (Å²) in [5.74, 6) is -1.58. The minimum absolute atomic E-state index is 0.0154. The van der Waals surface area contributed by atoms with E-state index >= 15 is 0 Å². The molecule has 1 aliphatic heterocycles. The molecule has 1 aliphatic rings. The van der Waals surface area contributed by atoms with Gasteiger partial charge in [0.15, 0.2) is 6.10 Å². The van der Waals surface area contributed by atoms with E-state index in [1.54, 1.807) is 0 Å². The molecule has 0 aliphatic carbocycles. The maximum Gasteiger partial charge on any atom is 0.695 e. The highest BCUT2D eigenvalue weighted by Gasteiger charge is 2.54. The number of hydrogen-bond donors (Lipinski definition) is 3. The van der Waals surface area contributed by atoms with Gasteiger partial charge in [-0.25, -0.2) is 4.79 Å². The van der Waals surface area contributed by atoms with Crippen molar-refractivity contribution in [2.24, 2.45) is 0 Å². The van der Waals surface area contributed by atoms with Crippen molar-refractivity contribution < 1.29 is 28.6 Å². The topological polar surface area (TPSA) is 146 Å². The van der Waals surface area contributed by atoms with Crippen LogP contribution < -0.4 is 11.4 Å². The van der Waals surface area contributed by atoms with Gasteiger partial charge in [-0.15, -0.1) is 9.42 Å². The van der Waals surface area contributed by atoms with Crippen molar-refractivity contribution in [3.63, 3.8) is 0 Å². The number of aromatic nitrogens is 2. The van der Waals surface area contributed by atoms with Crippen LogP contribution >= 0.6 is 8.25 Å². The molecule has 0 spiro atoms. The van der Waals surface area contributed by atoms with Crippen LogP contribution in [0.15, 0.2) is 17.1 Å². The Labute approximate surface area is 120 Å². The molecule has 0 saturated carbocycles. The van der Waals surface area contributed by atoms with Crippen LogP contribution in [0.2, 0.25) is 0 Å². The van der Waals surface area contributed by atoms with Gasteiger partial charge in [0.25, 0.3) is 0 Å². The van der Waals surface area contributed by atoms with Crippen molar-refractivity contribution in [3.05, 3.63) is 22.7 Å². The summed E-state index contributed by atoms with van der Waals surface area (Å²) in [6, 6.07) is 1.40. The molecule has 0 amide bonds. The third kappa shape index (κ3) is 3.10. The molecule has 21 heavy (non-hydrogen) atoms. The zero-order valence-electron chi connectivity index (χ0n) is 11.1. The first kappa shape index (κ1) is 16.0. The van der Waals surface area contributed by atoms with Crippen LogP contribution in [0.4, 0.5) is 5.82 Å². The second-order valence-electron chi connectivity index (χ2n) is 4.36. The summed E-state index contributed by atoms with van der Waals surface area (Å²) in [7, 11) is -1.67. The van der Waals surface area contributed by atoms with E-state index in [2.05, 4.69) is 4.98 Å². The van der Waals surface area contributed by atoms with Gasteiger partial charge in [0.1, 0.15) is 18.7 Å². The quantitative estimate of drug-likeness (QED) is 0.588. The molecule has 0 radical (unpaired) electrons. The number of methoxy groups -OCH3 is 1. The van der Waals surface area contributed by atoms with Crippen LogP contribution in [-0.4, -0.2) is 45.2 Å². The summed E-state index contributed by atoms with van der Waals surface area (Å²) in [6.07, 6.45) is -0.524. The van der Waals surface area contributed by atoms with Gasteiger partial charge in [-0.1, -0.05) is 0 Å². The van der Waals surface area contributed by atoms with E-state index in [1.807, 2.05) is 0 Å². The summed E-state index contributed by atoms with van der Waals surface area (Å²) in [6.45, 7) is -0.620. The van der Waals surface area contributed by atoms with Crippen LogP contribution in [0.3, 0.4) is 0 Å². The molecule has 2 heterocycles. The van der Waals surface area contributed by atoms with Gasteiger partial charge in [0.05, 0.1) is 0 Å². The van der Waals surface area contributed by atoms with Gasteiger partial charge < -0.3 is 20.3 Å². The number of hydrogen-bond acceptors (Lipinski definition) is 8. The Hall–Kier alpha value is -1.42. The fourth-order valence-corrected chi connectivity index (χ4v) is 2.61. The van der Waals surface area contributed by atoms with E-state index in [-0.39, 0.29) is 12.2 Å². The number of rotatable bonds is 5. The predicted molar refractivity (Wildman–Crippen MR) is 69.2 cm³/mol. The van der Waals surface area contributed by atoms with Crippen molar-refractivity contribution in [1.29, 1.82) is 0 Å². The Bertz CT molecular complexity index is 588. The number of anilines is 1. The van der Waals surface area contributed by atoms with Gasteiger partial charge in [-0.2, -0.15) is 4.98 Å². The van der Waals surface area contributed by atoms with E-state index in [0.717, 1.165) is 4.57 Å². The lowest BCUT2D eigenvalue weighted by molar-refractivity contribution is -0.266. The smallest absolute Gasteiger partial charge is 0.391 e. The van der Waals surface area contributed by atoms with E-state index < -0.39 is 38.7 Å². The summed E-state index contributed by atoms with van der Waals surface area (Å²) in [5.41, 5.74) is 4.74. The van der Waals surface area contributed by atoms with Crippen molar-refractivity contribution in [3.8, 4) is 0 Å². The van der Waals surface area contributed by atoms with Crippen LogP contribution in [0.1, 0.15) is 12.6 Å². The highest BCUT2D eigenvalue weighted by molar-refractivity contribution is 7.32. The molecule has 1 aromatic rings. The number of nitrogens with two attached hydrogens (primary N) is 1. The first-order valence-corrected chi connectivity index (χ1v) is 7.06. The molecule has 0 bridgehead atoms. The lowest BCUT2D eigenvalue weighted by Gasteiger charge is -2.27. The standard InChI is InChI=1S/C10H14N3O7P/c1-18-10(5-14)6(20-21(16)17)4-8(19-10)13-3-2-7(11)12-9(13)15/h2-3,6,8,14H,4-5H2,1H3,(H2-,11,12,15,16,17)/p+1/t6-,8+,10+/m0/s1. The third-order valence-corrected chi connectivity index (χ3v) is 3.62. The fourth-order valence-electron chi connectivity index (χ4n) is 2.15. The van der Waals surface area contributed by atoms with Crippen LogP contribution in [0, 0.1) is 0 Å². The number of aliphatic hydroxyl groups is 1. The number of aliphatic hydroxyl groups excluding tert-OH is 1. The second-order valence-corrected chi connectivity index (χ2v) is 5.04. The fraction of sp³-hybridized carbons (Fsp3) is 0.600. The first-order valence-electron chi connectivity index (χ1n) is 5.93. The molecule has 4 atom stereocenters. The molecule has 4 N–H and O–H groups in total. The van der Waals surface area contributed by atoms with Crippen molar-refractivity contribution >= 4 is 14.1 Å². The third-order valence-electron chi connectivity index (χ3n) is 3.19. The van der Waals surface area contributed by atoms with Gasteiger partial charge in [0, 0.05) is 24.3 Å². The van der Waals surface area contributed by atoms with Crippen molar-refractivity contribution in [2.45, 2.75) is 24.5 Å². The Morgan fingerprint density at radius 3 is 2.95 bits per heavy atom. The van der Waals surface area contributed by atoms with E-state index in [9.17, 15) is 14.5 Å². The molecular weight excluding hydrogens is 305 g/mol. The van der Waals surface area contributed by atoms with Gasteiger partial charge in [-0.05, 0) is 6.07 Å². The molecular formula is C10H15N3O7P+. The van der Waals surface area contributed by atoms with Gasteiger partial charge in [-0.3, -0.25) is 4.57 Å². The highest BCUT2D eigenvalue weighted by atomic mass is 31.1. The molecule has 1 aromatic heterocycles. The molecule has 116 valence electrons. The molecule has 1 saturated heterocycles. The van der Waals surface area contributed by atoms with Crippen LogP contribution in [0.5, 0.6) is 0 Å². The number of ether oxygens (including phenoxy) is 2. The summed E-state index contributed by atoms with van der Waals surface area (Å²) >= 11 is 0. The van der Waals surface area contributed by atoms with E-state index in [4.69, 9.17) is 24.6 Å². The average molecular weight is 320 g/mol. The average Bonchev–Trinajstić information content (AvgIpc) is 2.77. The van der Waals surface area contributed by atoms with Crippen LogP contribution in [0.25, 0.3) is 0 Å². The van der Waals surface area contributed by atoms with Crippen LogP contribution in [-0.2, 0) is 18.6 Å². The van der Waals surface area contributed by atoms with E-state index in [0.29, 0.717) is 0 Å². The zero-order valence-corrected chi connectivity index (χ0v) is 12.0. The SMILES string of the molecule is CO[C@]1(CO)O[C@@H](n2ccc(N)nc2=O)C[C@@H]1O[P+](=O)O. The molecule has 10 nitrogen and oxygen atoms in total. The monoisotopic (exact) mass is 320 g/mol. The van der Waals surface area contributed by atoms with Gasteiger partial charge >= 0.3 is 13.9 Å². The molecule has 11 heteroatoms. The minimum atomic E-state index is -2.93. The lowest BCUT2D eigenvalue weighted by atomic mass is 10.1. The minimum Gasteiger partial charge on any atom is -0.391 e. The Balaban J connectivity index is 2.32. The summed E-state index contributed by atoms with van der Waals surface area (Å²) in [4.78, 5) is 24.2. The molecule has 0 aromatic carbocycles. The maximum absolute atomic E-state index is 11.8. The van der Waals surface area contributed by atoms with Gasteiger partial charge in [0.2, 0.25) is 5.79 Å². The van der Waals surface area contributed by atoms with E-state index in [1.165, 1.54) is 19.4 Å². The van der Waals surface area contributed by atoms with Crippen molar-refractivity contribution in [2.75, 3.05) is 19.5 Å². The summed E-state index contributed by atoms with van der Waals surface area (Å²) < 4.78 is 27.4. The Morgan fingerprint density at radius 1 is 1.71 bits per heavy atom. The Kier molecular flexibility index (Phi) is 4.67. The zero-order chi connectivity index (χ0) is 15.6. The van der Waals surface area contributed by atoms with Crippen molar-refractivity contribution in [1.82, 2.24) is 9.55 Å². The number of nitrogen functional groups attached to an aromatic ring is 1. The Morgan fingerprint density at radius 2 is 2.43 bits per heavy atom. The highest BCUT2D eigenvalue weighted by Crippen LogP contribution is 2.41. The first-order chi connectivity index (χ1) is 9.91. The maximum atomic E-state index is 11.8. The number of nitrogens with zero attached hydrogens (tertiary/aromatic N) is 2. The molecule has 1 unspecified atom stereocenters. The predicted octanol–water partition coefficient (Wildman–Crippen LogP) is -0.886. The lowest BCUT2D eigenvalue weighted by Crippen LogP contribution is -2.45. The molecule has 2 rings (SSSR count). The normalized spacial score (nSPS) is 29.6. The summed E-state index contributed by atoms with van der Waals surface area (Å²) in [5, 5.41) is 9.45. The molecule has 1 fully saturated rings.